The SMILES string of the molecule is CCOC(=O)CCCOc1ccc(C=NNc2nc(-c3ccccc3)c(C#N)c(=O)[nH]2)c(O)c1. The molecule has 0 saturated heterocycles. The summed E-state index contributed by atoms with van der Waals surface area (Å²) in [5.41, 5.74) is 3.16. The summed E-state index contributed by atoms with van der Waals surface area (Å²) in [6.45, 7) is 2.39. The lowest BCUT2D eigenvalue weighted by Gasteiger charge is -2.08. The number of hydrazone groups is 1. The number of H-pyrrole nitrogens is 1. The van der Waals surface area contributed by atoms with Crippen LogP contribution in [0.1, 0.15) is 30.9 Å². The monoisotopic (exact) mass is 461 g/mol. The van der Waals surface area contributed by atoms with E-state index in [1.54, 1.807) is 43.3 Å². The number of nitrogens with one attached hydrogen (secondary N) is 2. The number of aromatic nitrogens is 2. The van der Waals surface area contributed by atoms with Crippen LogP contribution in [0.25, 0.3) is 11.3 Å². The highest BCUT2D eigenvalue weighted by atomic mass is 16.5. The summed E-state index contributed by atoms with van der Waals surface area (Å²) in [7, 11) is 0. The highest BCUT2D eigenvalue weighted by Gasteiger charge is 2.13. The Morgan fingerprint density at radius 2 is 2.09 bits per heavy atom. The van der Waals surface area contributed by atoms with E-state index in [0.717, 1.165) is 0 Å². The van der Waals surface area contributed by atoms with Crippen LogP contribution in [0, 0.1) is 11.3 Å². The van der Waals surface area contributed by atoms with Crippen LogP contribution >= 0.6 is 0 Å². The second-order valence-corrected chi connectivity index (χ2v) is 6.96. The Kier molecular flexibility index (Phi) is 8.35. The molecule has 174 valence electrons. The third-order valence-corrected chi connectivity index (χ3v) is 4.55. The van der Waals surface area contributed by atoms with Gasteiger partial charge in [-0.2, -0.15) is 10.4 Å². The number of hydrogen-bond donors (Lipinski definition) is 3. The fourth-order valence-corrected chi connectivity index (χ4v) is 2.96. The van der Waals surface area contributed by atoms with E-state index in [0.29, 0.717) is 36.5 Å². The molecule has 0 aliphatic rings. The second-order valence-electron chi connectivity index (χ2n) is 6.96. The van der Waals surface area contributed by atoms with Crippen LogP contribution in [0.5, 0.6) is 11.5 Å². The van der Waals surface area contributed by atoms with Crippen molar-refractivity contribution in [2.45, 2.75) is 19.8 Å². The van der Waals surface area contributed by atoms with E-state index >= 15 is 0 Å². The Hall–Kier alpha value is -4.65. The van der Waals surface area contributed by atoms with Crippen molar-refractivity contribution in [2.75, 3.05) is 18.6 Å². The fourth-order valence-electron chi connectivity index (χ4n) is 2.96. The topological polar surface area (TPSA) is 150 Å². The standard InChI is InChI=1S/C24H23N5O5/c1-2-33-21(31)9-6-12-34-18-11-10-17(20(30)13-18)15-26-29-24-27-22(16-7-4-3-5-8-16)19(14-25)23(32)28-24/h3-5,7-8,10-11,13,15,30H,2,6,9,12H2,1H3,(H2,27,28,29,32). The number of carbonyl (C=O) groups excluding carboxylic acids is 1. The summed E-state index contributed by atoms with van der Waals surface area (Å²) in [5, 5.41) is 23.6. The maximum Gasteiger partial charge on any atom is 0.305 e. The number of aromatic hydroxyl groups is 1. The van der Waals surface area contributed by atoms with E-state index in [-0.39, 0.29) is 35.3 Å². The number of nitrogens with zero attached hydrogens (tertiary/aromatic N) is 3. The van der Waals surface area contributed by atoms with E-state index in [2.05, 4.69) is 20.5 Å². The molecule has 1 heterocycles. The number of rotatable bonds is 10. The van der Waals surface area contributed by atoms with Gasteiger partial charge in [0.15, 0.2) is 0 Å². The summed E-state index contributed by atoms with van der Waals surface area (Å²) < 4.78 is 10.4. The number of benzene rings is 2. The molecular weight excluding hydrogens is 438 g/mol. The first-order valence-electron chi connectivity index (χ1n) is 10.5. The average Bonchev–Trinajstić information content (AvgIpc) is 2.83. The Balaban J connectivity index is 1.64. The molecule has 10 heteroatoms. The molecule has 0 atom stereocenters. The summed E-state index contributed by atoms with van der Waals surface area (Å²) in [5.74, 6) is 0.138. The van der Waals surface area contributed by atoms with Gasteiger partial charge in [-0.25, -0.2) is 10.4 Å². The van der Waals surface area contributed by atoms with E-state index in [9.17, 15) is 20.0 Å². The Morgan fingerprint density at radius 3 is 2.79 bits per heavy atom. The number of phenolic OH excluding ortho intramolecular Hbond substituents is 1. The van der Waals surface area contributed by atoms with Crippen molar-refractivity contribution in [1.82, 2.24) is 9.97 Å². The normalized spacial score (nSPS) is 10.6. The quantitative estimate of drug-likeness (QED) is 0.180. The number of anilines is 1. The number of nitriles is 1. The molecule has 0 fully saturated rings. The van der Waals surface area contributed by atoms with Gasteiger partial charge in [0.25, 0.3) is 5.56 Å². The summed E-state index contributed by atoms with van der Waals surface area (Å²) in [6, 6.07) is 15.4. The highest BCUT2D eigenvalue weighted by molar-refractivity contribution is 5.84. The largest absolute Gasteiger partial charge is 0.507 e. The van der Waals surface area contributed by atoms with Crippen LogP contribution in [0.15, 0.2) is 58.4 Å². The number of phenols is 1. The van der Waals surface area contributed by atoms with Crippen LogP contribution in [-0.4, -0.2) is 40.5 Å². The lowest BCUT2D eigenvalue weighted by Crippen LogP contribution is -2.16. The third kappa shape index (κ3) is 6.43. The van der Waals surface area contributed by atoms with E-state index in [1.807, 2.05) is 12.1 Å². The Bertz CT molecular complexity index is 1260. The molecule has 0 spiro atoms. The number of aromatic amines is 1. The third-order valence-electron chi connectivity index (χ3n) is 4.55. The zero-order valence-corrected chi connectivity index (χ0v) is 18.4. The molecular formula is C24H23N5O5. The van der Waals surface area contributed by atoms with Gasteiger partial charge in [0.2, 0.25) is 5.95 Å². The van der Waals surface area contributed by atoms with Gasteiger partial charge in [0.1, 0.15) is 23.1 Å². The van der Waals surface area contributed by atoms with Crippen molar-refractivity contribution < 1.29 is 19.4 Å². The van der Waals surface area contributed by atoms with Gasteiger partial charge in [0.05, 0.1) is 25.1 Å². The maximum absolute atomic E-state index is 12.3. The van der Waals surface area contributed by atoms with Crippen molar-refractivity contribution in [3.05, 3.63) is 70.0 Å². The first-order valence-corrected chi connectivity index (χ1v) is 10.5. The minimum absolute atomic E-state index is 0.0418. The molecule has 0 saturated carbocycles. The van der Waals surface area contributed by atoms with Gasteiger partial charge < -0.3 is 14.6 Å². The van der Waals surface area contributed by atoms with E-state index in [1.165, 1.54) is 12.3 Å². The summed E-state index contributed by atoms with van der Waals surface area (Å²) in [4.78, 5) is 30.4. The molecule has 0 unspecified atom stereocenters. The number of hydrogen-bond acceptors (Lipinski definition) is 9. The molecule has 0 radical (unpaired) electrons. The number of esters is 1. The van der Waals surface area contributed by atoms with Crippen LogP contribution in [0.2, 0.25) is 0 Å². The molecule has 0 aliphatic carbocycles. The highest BCUT2D eigenvalue weighted by Crippen LogP contribution is 2.23. The van der Waals surface area contributed by atoms with E-state index in [4.69, 9.17) is 9.47 Å². The van der Waals surface area contributed by atoms with Gasteiger partial charge in [-0.05, 0) is 25.5 Å². The first-order chi connectivity index (χ1) is 16.5. The smallest absolute Gasteiger partial charge is 0.305 e. The molecule has 2 aromatic carbocycles. The van der Waals surface area contributed by atoms with Crippen molar-refractivity contribution in [2.24, 2.45) is 5.10 Å². The second kappa shape index (κ2) is 11.8. The van der Waals surface area contributed by atoms with Crippen molar-refractivity contribution >= 4 is 18.1 Å². The Morgan fingerprint density at radius 1 is 1.29 bits per heavy atom. The van der Waals surface area contributed by atoms with Crippen molar-refractivity contribution in [3.63, 3.8) is 0 Å². The van der Waals surface area contributed by atoms with Gasteiger partial charge in [0, 0.05) is 23.6 Å². The minimum Gasteiger partial charge on any atom is -0.507 e. The first kappa shape index (κ1) is 24.0. The van der Waals surface area contributed by atoms with Crippen molar-refractivity contribution in [3.8, 4) is 28.8 Å². The minimum atomic E-state index is -0.596. The predicted molar refractivity (Wildman–Crippen MR) is 126 cm³/mol. The predicted octanol–water partition coefficient (Wildman–Crippen LogP) is 3.18. The Labute approximate surface area is 195 Å². The molecule has 3 N–H and O–H groups in total. The van der Waals surface area contributed by atoms with Gasteiger partial charge >= 0.3 is 5.97 Å². The number of carbonyl (C=O) groups is 1. The zero-order chi connectivity index (χ0) is 24.3. The molecule has 1 aromatic heterocycles. The fraction of sp³-hybridized carbons (Fsp3) is 0.208. The van der Waals surface area contributed by atoms with Crippen LogP contribution in [0.3, 0.4) is 0 Å². The van der Waals surface area contributed by atoms with Crippen LogP contribution in [0.4, 0.5) is 5.95 Å². The maximum atomic E-state index is 12.3. The van der Waals surface area contributed by atoms with Crippen LogP contribution < -0.4 is 15.7 Å². The lowest BCUT2D eigenvalue weighted by molar-refractivity contribution is -0.143. The summed E-state index contributed by atoms with van der Waals surface area (Å²) in [6.07, 6.45) is 2.10. The molecule has 0 aliphatic heterocycles. The molecule has 3 aromatic rings. The molecule has 3 rings (SSSR count). The summed E-state index contributed by atoms with van der Waals surface area (Å²) >= 11 is 0. The molecule has 0 amide bonds. The molecule has 10 nitrogen and oxygen atoms in total. The van der Waals surface area contributed by atoms with Crippen molar-refractivity contribution in [1.29, 1.82) is 5.26 Å². The van der Waals surface area contributed by atoms with Gasteiger partial charge in [-0.1, -0.05) is 30.3 Å². The molecule has 34 heavy (non-hydrogen) atoms. The molecule has 0 bridgehead atoms. The van der Waals surface area contributed by atoms with E-state index < -0.39 is 5.56 Å². The van der Waals surface area contributed by atoms with Gasteiger partial charge in [-0.3, -0.25) is 14.6 Å². The zero-order valence-electron chi connectivity index (χ0n) is 18.4. The van der Waals surface area contributed by atoms with Crippen LogP contribution in [-0.2, 0) is 9.53 Å². The average molecular weight is 461 g/mol. The number of ether oxygens (including phenoxy) is 2. The van der Waals surface area contributed by atoms with Gasteiger partial charge in [-0.15, -0.1) is 0 Å². The lowest BCUT2D eigenvalue weighted by atomic mass is 10.1.